The van der Waals surface area contributed by atoms with Gasteiger partial charge in [0.1, 0.15) is 5.60 Å². The fraction of sp³-hybridized carbons (Fsp3) is 0.867. The van der Waals surface area contributed by atoms with Gasteiger partial charge >= 0.3 is 5.97 Å². The van der Waals surface area contributed by atoms with Gasteiger partial charge in [0.2, 0.25) is 5.91 Å². The van der Waals surface area contributed by atoms with Crippen LogP contribution < -0.4 is 5.73 Å². The Balaban J connectivity index is 4.90. The molecule has 6 heteroatoms. The Morgan fingerprint density at radius 3 is 1.86 bits per heavy atom. The highest BCUT2D eigenvalue weighted by Crippen LogP contribution is 2.38. The smallest absolute Gasteiger partial charge is 0.308 e. The molecule has 0 aromatic heterocycles. The molecule has 21 heavy (non-hydrogen) atoms. The molecule has 1 amide bonds. The Morgan fingerprint density at radius 2 is 1.52 bits per heavy atom. The van der Waals surface area contributed by atoms with Gasteiger partial charge in [0.25, 0.3) is 0 Å². The first-order valence-electron chi connectivity index (χ1n) is 7.32. The minimum atomic E-state index is -2.08. The lowest BCUT2D eigenvalue weighted by Crippen LogP contribution is -2.45. The number of hydrogen-bond donors (Lipinski definition) is 1. The van der Waals surface area contributed by atoms with Crippen LogP contribution >= 0.6 is 0 Å². The summed E-state index contributed by atoms with van der Waals surface area (Å²) in [4.78, 5) is 23.2. The van der Waals surface area contributed by atoms with Crippen molar-refractivity contribution in [3.8, 4) is 0 Å². The van der Waals surface area contributed by atoms with Crippen molar-refractivity contribution in [3.05, 3.63) is 0 Å². The van der Waals surface area contributed by atoms with E-state index in [1.807, 2.05) is 20.8 Å². The third kappa shape index (κ3) is 8.21. The van der Waals surface area contributed by atoms with Crippen molar-refractivity contribution >= 4 is 20.2 Å². The number of carbonyl (C=O) groups is 2. The molecule has 2 N–H and O–H groups in total. The normalized spacial score (nSPS) is 14.7. The number of nitrogens with two attached hydrogens (primary N) is 1. The minimum absolute atomic E-state index is 0.00315. The van der Waals surface area contributed by atoms with Crippen LogP contribution in [0.15, 0.2) is 0 Å². The van der Waals surface area contributed by atoms with Gasteiger partial charge in [-0.05, 0) is 38.9 Å². The molecule has 0 fully saturated rings. The van der Waals surface area contributed by atoms with Gasteiger partial charge in [-0.1, -0.05) is 20.8 Å². The molecule has 0 aromatic carbocycles. The Bertz CT molecular complexity index is 380. The number of esters is 1. The van der Waals surface area contributed by atoms with Crippen molar-refractivity contribution < 1.29 is 18.8 Å². The van der Waals surface area contributed by atoms with Gasteiger partial charge in [0.05, 0.1) is 18.9 Å². The van der Waals surface area contributed by atoms with Crippen LogP contribution in [0, 0.1) is 0 Å². The highest BCUT2D eigenvalue weighted by atomic mass is 28.4. The van der Waals surface area contributed by atoms with E-state index in [1.54, 1.807) is 0 Å². The Hall–Kier alpha value is -0.883. The van der Waals surface area contributed by atoms with Crippen molar-refractivity contribution in [1.82, 2.24) is 0 Å². The molecule has 0 aliphatic rings. The summed E-state index contributed by atoms with van der Waals surface area (Å²) in [7, 11) is -2.08. The fourth-order valence-corrected chi connectivity index (χ4v) is 2.90. The van der Waals surface area contributed by atoms with Gasteiger partial charge < -0.3 is 14.9 Å². The monoisotopic (exact) mass is 317 g/mol. The number of ether oxygens (including phenoxy) is 1. The standard InChI is InChI=1S/C15H31NO4Si/c1-14(2,3)19-13(18)10-11(9-12(16)17)20-21(7,8)15(4,5)6/h11H,9-10H2,1-8H3,(H2,16,17)/t11-/m1/s1. The second-order valence-electron chi connectivity index (χ2n) is 7.96. The van der Waals surface area contributed by atoms with Crippen molar-refractivity contribution in [3.63, 3.8) is 0 Å². The molecule has 0 bridgehead atoms. The number of amides is 1. The summed E-state index contributed by atoms with van der Waals surface area (Å²) < 4.78 is 11.4. The number of primary amides is 1. The molecular formula is C15H31NO4Si. The topological polar surface area (TPSA) is 78.6 Å². The van der Waals surface area contributed by atoms with Crippen LogP contribution in [0.2, 0.25) is 18.1 Å². The van der Waals surface area contributed by atoms with E-state index < -0.39 is 25.9 Å². The second kappa shape index (κ2) is 6.92. The quantitative estimate of drug-likeness (QED) is 0.603. The Labute approximate surface area is 129 Å². The van der Waals surface area contributed by atoms with Gasteiger partial charge in [0, 0.05) is 0 Å². The summed E-state index contributed by atoms with van der Waals surface area (Å²) in [6.45, 7) is 15.9. The van der Waals surface area contributed by atoms with Gasteiger partial charge in [-0.25, -0.2) is 0 Å². The van der Waals surface area contributed by atoms with E-state index in [-0.39, 0.29) is 23.8 Å². The zero-order valence-electron chi connectivity index (χ0n) is 14.7. The first-order valence-corrected chi connectivity index (χ1v) is 10.2. The van der Waals surface area contributed by atoms with Crippen LogP contribution in [-0.4, -0.2) is 31.9 Å². The third-order valence-corrected chi connectivity index (χ3v) is 8.05. The molecule has 5 nitrogen and oxygen atoms in total. The lowest BCUT2D eigenvalue weighted by molar-refractivity contribution is -0.156. The van der Waals surface area contributed by atoms with Crippen molar-refractivity contribution in [2.24, 2.45) is 5.73 Å². The van der Waals surface area contributed by atoms with Crippen LogP contribution in [0.1, 0.15) is 54.4 Å². The van der Waals surface area contributed by atoms with Crippen molar-refractivity contribution in [1.29, 1.82) is 0 Å². The highest BCUT2D eigenvalue weighted by Gasteiger charge is 2.40. The molecule has 0 radical (unpaired) electrons. The van der Waals surface area contributed by atoms with E-state index in [1.165, 1.54) is 0 Å². The van der Waals surface area contributed by atoms with Crippen LogP contribution in [-0.2, 0) is 18.8 Å². The van der Waals surface area contributed by atoms with E-state index in [0.29, 0.717) is 0 Å². The van der Waals surface area contributed by atoms with Gasteiger partial charge in [-0.15, -0.1) is 0 Å². The zero-order valence-corrected chi connectivity index (χ0v) is 15.7. The maximum atomic E-state index is 11.9. The molecule has 0 aliphatic carbocycles. The predicted octanol–water partition coefficient (Wildman–Crippen LogP) is 2.98. The molecule has 0 unspecified atom stereocenters. The Morgan fingerprint density at radius 1 is 1.05 bits per heavy atom. The molecule has 0 rings (SSSR count). The van der Waals surface area contributed by atoms with Gasteiger partial charge in [-0.2, -0.15) is 0 Å². The Kier molecular flexibility index (Phi) is 6.63. The highest BCUT2D eigenvalue weighted by molar-refractivity contribution is 6.74. The van der Waals surface area contributed by atoms with E-state index in [4.69, 9.17) is 14.9 Å². The average molecular weight is 318 g/mol. The van der Waals surface area contributed by atoms with Crippen molar-refractivity contribution in [2.75, 3.05) is 0 Å². The van der Waals surface area contributed by atoms with Crippen molar-refractivity contribution in [2.45, 2.75) is 84.2 Å². The predicted molar refractivity (Wildman–Crippen MR) is 86.3 cm³/mol. The van der Waals surface area contributed by atoms with Crippen LogP contribution in [0.4, 0.5) is 0 Å². The lowest BCUT2D eigenvalue weighted by atomic mass is 10.1. The third-order valence-electron chi connectivity index (χ3n) is 3.51. The van der Waals surface area contributed by atoms with Crippen LogP contribution in [0.25, 0.3) is 0 Å². The summed E-state index contributed by atoms with van der Waals surface area (Å²) in [6.07, 6.45) is -0.434. The summed E-state index contributed by atoms with van der Waals surface area (Å²) in [6, 6.07) is 0. The summed E-state index contributed by atoms with van der Waals surface area (Å²) >= 11 is 0. The van der Waals surface area contributed by atoms with Crippen LogP contribution in [0.3, 0.4) is 0 Å². The maximum Gasteiger partial charge on any atom is 0.308 e. The average Bonchev–Trinajstić information content (AvgIpc) is 2.08. The largest absolute Gasteiger partial charge is 0.460 e. The number of carbonyl (C=O) groups excluding carboxylic acids is 2. The van der Waals surface area contributed by atoms with Crippen LogP contribution in [0.5, 0.6) is 0 Å². The fourth-order valence-electron chi connectivity index (χ4n) is 1.54. The SMILES string of the molecule is CC(C)(C)OC(=O)C[C@@H](CC(N)=O)O[Si](C)(C)C(C)(C)C. The number of rotatable bonds is 6. The summed E-state index contributed by atoms with van der Waals surface area (Å²) in [5, 5.41) is -0.00315. The molecule has 0 saturated heterocycles. The summed E-state index contributed by atoms with van der Waals surface area (Å²) in [5.74, 6) is -0.838. The van der Waals surface area contributed by atoms with E-state index in [0.717, 1.165) is 0 Å². The molecule has 0 aliphatic heterocycles. The van der Waals surface area contributed by atoms with Gasteiger partial charge in [-0.3, -0.25) is 9.59 Å². The van der Waals surface area contributed by atoms with E-state index in [2.05, 4.69) is 33.9 Å². The molecule has 0 saturated carbocycles. The first kappa shape index (κ1) is 20.1. The van der Waals surface area contributed by atoms with E-state index >= 15 is 0 Å². The second-order valence-corrected chi connectivity index (χ2v) is 12.7. The van der Waals surface area contributed by atoms with E-state index in [9.17, 15) is 9.59 Å². The molecule has 124 valence electrons. The molecule has 0 aromatic rings. The first-order chi connectivity index (χ1) is 9.14. The van der Waals surface area contributed by atoms with Gasteiger partial charge in [0.15, 0.2) is 8.32 Å². The molecule has 0 heterocycles. The molecular weight excluding hydrogens is 286 g/mol. The summed E-state index contributed by atoms with van der Waals surface area (Å²) in [5.41, 5.74) is 4.72. The molecule has 0 spiro atoms. The molecule has 1 atom stereocenters. The number of hydrogen-bond acceptors (Lipinski definition) is 4. The minimum Gasteiger partial charge on any atom is -0.460 e. The zero-order chi connectivity index (χ0) is 17.1. The maximum absolute atomic E-state index is 11.9. The lowest BCUT2D eigenvalue weighted by Gasteiger charge is -2.39.